The van der Waals surface area contributed by atoms with E-state index in [9.17, 15) is 0 Å². The van der Waals surface area contributed by atoms with Gasteiger partial charge in [-0.2, -0.15) is 0 Å². The van der Waals surface area contributed by atoms with Gasteiger partial charge in [-0.05, 0) is 0 Å². The summed E-state index contributed by atoms with van der Waals surface area (Å²) in [6, 6.07) is 35.1. The van der Waals surface area contributed by atoms with Gasteiger partial charge in [0.2, 0.25) is 0 Å². The van der Waals surface area contributed by atoms with Crippen LogP contribution < -0.4 is 13.8 Å². The predicted molar refractivity (Wildman–Crippen MR) is 116 cm³/mol. The number of fused-ring (bicyclic) bond motifs is 2. The molecule has 0 aromatic heterocycles. The van der Waals surface area contributed by atoms with E-state index in [1.807, 2.05) is 0 Å². The number of benzene rings is 4. The molecular formula is C25H19NSe. The van der Waals surface area contributed by atoms with Crippen molar-refractivity contribution >= 4 is 40.9 Å². The van der Waals surface area contributed by atoms with E-state index in [-0.39, 0.29) is 0 Å². The Bertz CT molecular complexity index is 1120. The molecule has 4 aromatic rings. The van der Waals surface area contributed by atoms with E-state index in [0.717, 1.165) is 0 Å². The van der Waals surface area contributed by atoms with Crippen LogP contribution >= 0.6 is 0 Å². The van der Waals surface area contributed by atoms with Crippen LogP contribution in [-0.2, 0) is 0 Å². The number of hydrogen-bond donors (Lipinski definition) is 0. The molecule has 0 bridgehead atoms. The fourth-order valence-electron chi connectivity index (χ4n) is 3.65. The van der Waals surface area contributed by atoms with Crippen LogP contribution in [0.25, 0.3) is 11.1 Å². The van der Waals surface area contributed by atoms with Gasteiger partial charge >= 0.3 is 167 Å². The van der Waals surface area contributed by atoms with Crippen LogP contribution in [-0.4, -0.2) is 15.0 Å². The summed E-state index contributed by atoms with van der Waals surface area (Å²) >= 11 is 0.330. The van der Waals surface area contributed by atoms with Crippen LogP contribution in [0.5, 0.6) is 0 Å². The molecule has 0 N–H and O–H groups in total. The second kappa shape index (κ2) is 6.74. The van der Waals surface area contributed by atoms with Gasteiger partial charge in [0, 0.05) is 0 Å². The zero-order valence-corrected chi connectivity index (χ0v) is 16.8. The van der Waals surface area contributed by atoms with E-state index >= 15 is 0 Å². The molecule has 1 aliphatic heterocycles. The fourth-order valence-corrected chi connectivity index (χ4v) is 6.08. The maximum atomic E-state index is 2.44. The van der Waals surface area contributed by atoms with Crippen molar-refractivity contribution in [3.63, 3.8) is 0 Å². The molecule has 5 rings (SSSR count). The first-order valence-corrected chi connectivity index (χ1v) is 10.8. The molecule has 4 aromatic carbocycles. The zero-order valence-electron chi connectivity index (χ0n) is 15.1. The van der Waals surface area contributed by atoms with Crippen LogP contribution in [0.4, 0.5) is 17.1 Å². The van der Waals surface area contributed by atoms with Crippen LogP contribution in [0.1, 0.15) is 5.56 Å². The summed E-state index contributed by atoms with van der Waals surface area (Å²) in [6.07, 6.45) is 0. The first-order valence-electron chi connectivity index (χ1n) is 9.13. The molecule has 2 heteroatoms. The van der Waals surface area contributed by atoms with Crippen molar-refractivity contribution in [2.24, 2.45) is 0 Å². The van der Waals surface area contributed by atoms with Gasteiger partial charge in [-0.15, -0.1) is 0 Å². The fraction of sp³-hybridized carbons (Fsp3) is 0.0400. The summed E-state index contributed by atoms with van der Waals surface area (Å²) in [7, 11) is 0. The van der Waals surface area contributed by atoms with Gasteiger partial charge in [-0.25, -0.2) is 0 Å². The second-order valence-corrected chi connectivity index (χ2v) is 9.03. The van der Waals surface area contributed by atoms with Crippen LogP contribution in [0.3, 0.4) is 0 Å². The number of hydrogen-bond acceptors (Lipinski definition) is 1. The van der Waals surface area contributed by atoms with Gasteiger partial charge in [-0.3, -0.25) is 0 Å². The molecule has 0 spiro atoms. The molecule has 1 nitrogen and oxygen atoms in total. The Labute approximate surface area is 166 Å². The number of anilines is 3. The molecule has 0 saturated carbocycles. The van der Waals surface area contributed by atoms with E-state index in [1.54, 1.807) is 0 Å². The van der Waals surface area contributed by atoms with E-state index in [0.29, 0.717) is 15.0 Å². The summed E-state index contributed by atoms with van der Waals surface area (Å²) in [5.74, 6) is 0. The summed E-state index contributed by atoms with van der Waals surface area (Å²) in [5.41, 5.74) is 7.67. The van der Waals surface area contributed by atoms with Crippen molar-refractivity contribution < 1.29 is 0 Å². The van der Waals surface area contributed by atoms with Gasteiger partial charge in [0.1, 0.15) is 0 Å². The van der Waals surface area contributed by atoms with Gasteiger partial charge < -0.3 is 0 Å². The standard InChI is InChI=1S/C25H19NSe/c1-18-15-16-23-25(17-18)27-24-14-8-7-13-22(24)26(23)21-12-6-5-11-20(21)19-9-3-2-4-10-19/h2-17H,1H3. The molecule has 0 atom stereocenters. The van der Waals surface area contributed by atoms with Crippen molar-refractivity contribution in [3.05, 3.63) is 103 Å². The van der Waals surface area contributed by atoms with Crippen molar-refractivity contribution in [2.75, 3.05) is 4.90 Å². The van der Waals surface area contributed by atoms with Crippen molar-refractivity contribution in [3.8, 4) is 11.1 Å². The second-order valence-electron chi connectivity index (χ2n) is 6.76. The topological polar surface area (TPSA) is 3.24 Å². The average molecular weight is 412 g/mol. The molecule has 0 radical (unpaired) electrons. The van der Waals surface area contributed by atoms with Gasteiger partial charge in [-0.1, -0.05) is 0 Å². The molecule has 130 valence electrons. The van der Waals surface area contributed by atoms with Gasteiger partial charge in [0.25, 0.3) is 0 Å². The van der Waals surface area contributed by atoms with E-state index in [1.165, 1.54) is 42.7 Å². The summed E-state index contributed by atoms with van der Waals surface area (Å²) in [4.78, 5) is 2.44. The third-order valence-electron chi connectivity index (χ3n) is 4.91. The third-order valence-corrected chi connectivity index (χ3v) is 7.25. The first-order chi connectivity index (χ1) is 13.3. The minimum atomic E-state index is 0.330. The maximum absolute atomic E-state index is 2.44. The third kappa shape index (κ3) is 2.88. The Balaban J connectivity index is 1.78. The number of nitrogens with zero attached hydrogens (tertiary/aromatic N) is 1. The molecule has 0 amide bonds. The molecule has 1 aliphatic rings. The summed E-state index contributed by atoms with van der Waals surface area (Å²) in [5, 5.41) is 0. The monoisotopic (exact) mass is 413 g/mol. The van der Waals surface area contributed by atoms with Crippen LogP contribution in [0, 0.1) is 6.92 Å². The molecule has 0 fully saturated rings. The van der Waals surface area contributed by atoms with E-state index < -0.39 is 0 Å². The predicted octanol–water partition coefficient (Wildman–Crippen LogP) is 5.10. The molecule has 0 aliphatic carbocycles. The van der Waals surface area contributed by atoms with Crippen molar-refractivity contribution in [1.29, 1.82) is 0 Å². The summed E-state index contributed by atoms with van der Waals surface area (Å²) < 4.78 is 2.88. The SMILES string of the molecule is Cc1ccc2c(c1)[Se]c1ccccc1N2c1ccccc1-c1ccccc1. The molecule has 0 unspecified atom stereocenters. The van der Waals surface area contributed by atoms with Crippen molar-refractivity contribution in [1.82, 2.24) is 0 Å². The molecule has 0 saturated heterocycles. The van der Waals surface area contributed by atoms with E-state index in [4.69, 9.17) is 0 Å². The van der Waals surface area contributed by atoms with Crippen LogP contribution in [0.15, 0.2) is 97.1 Å². The normalized spacial score (nSPS) is 12.4. The number of para-hydroxylation sites is 2. The van der Waals surface area contributed by atoms with Gasteiger partial charge in [0.05, 0.1) is 0 Å². The molecule has 1 heterocycles. The Kier molecular flexibility index (Phi) is 4.09. The zero-order chi connectivity index (χ0) is 18.2. The Morgan fingerprint density at radius 1 is 0.593 bits per heavy atom. The minimum absolute atomic E-state index is 0.330. The number of aryl methyl sites for hydroxylation is 1. The summed E-state index contributed by atoms with van der Waals surface area (Å²) in [6.45, 7) is 2.18. The number of rotatable bonds is 2. The Morgan fingerprint density at radius 2 is 1.26 bits per heavy atom. The van der Waals surface area contributed by atoms with Gasteiger partial charge in [0.15, 0.2) is 0 Å². The van der Waals surface area contributed by atoms with E-state index in [2.05, 4.69) is 109 Å². The van der Waals surface area contributed by atoms with Crippen molar-refractivity contribution in [2.45, 2.75) is 6.92 Å². The van der Waals surface area contributed by atoms with Crippen LogP contribution in [0.2, 0.25) is 0 Å². The first kappa shape index (κ1) is 16.4. The average Bonchev–Trinajstić information content (AvgIpc) is 2.72. The Morgan fingerprint density at radius 3 is 2.11 bits per heavy atom. The quantitative estimate of drug-likeness (QED) is 0.365. The molecular weight excluding hydrogens is 393 g/mol. The Hall–Kier alpha value is -2.80. The molecule has 27 heavy (non-hydrogen) atoms.